The molecule has 0 saturated carbocycles. The molecule has 0 atom stereocenters. The Morgan fingerprint density at radius 3 is 2.57 bits per heavy atom. The van der Waals surface area contributed by atoms with Crippen LogP contribution in [0.4, 0.5) is 5.69 Å². The molecular formula is C17H15NO5. The van der Waals surface area contributed by atoms with Gasteiger partial charge in [-0.05, 0) is 42.8 Å². The summed E-state index contributed by atoms with van der Waals surface area (Å²) < 4.78 is 5.27. The smallest absolute Gasteiger partial charge is 0.269 e. The minimum absolute atomic E-state index is 0.0331. The van der Waals surface area contributed by atoms with E-state index in [0.717, 1.165) is 0 Å². The SMILES string of the molecule is CCOc1cc(/C=C/C(=O)c2ccc([N+](=O)[O-])cc2)ccc1O. The van der Waals surface area contributed by atoms with Crippen LogP contribution in [-0.2, 0) is 0 Å². The van der Waals surface area contributed by atoms with Gasteiger partial charge < -0.3 is 9.84 Å². The molecule has 0 aliphatic heterocycles. The number of phenols is 1. The Hall–Kier alpha value is -3.15. The van der Waals surface area contributed by atoms with E-state index in [2.05, 4.69) is 0 Å². The number of carbonyl (C=O) groups is 1. The van der Waals surface area contributed by atoms with Gasteiger partial charge in [-0.3, -0.25) is 14.9 Å². The van der Waals surface area contributed by atoms with Crippen molar-refractivity contribution in [1.29, 1.82) is 0 Å². The Balaban J connectivity index is 2.14. The highest BCUT2D eigenvalue weighted by atomic mass is 16.6. The minimum Gasteiger partial charge on any atom is -0.504 e. The number of ether oxygens (including phenoxy) is 1. The fourth-order valence-electron chi connectivity index (χ4n) is 1.92. The summed E-state index contributed by atoms with van der Waals surface area (Å²) in [5, 5.41) is 20.2. The number of hydrogen-bond acceptors (Lipinski definition) is 5. The fourth-order valence-corrected chi connectivity index (χ4v) is 1.92. The first-order valence-corrected chi connectivity index (χ1v) is 6.94. The lowest BCUT2D eigenvalue weighted by Crippen LogP contribution is -1.95. The van der Waals surface area contributed by atoms with Gasteiger partial charge in [0.25, 0.3) is 5.69 Å². The Bertz CT molecular complexity index is 750. The number of phenolic OH excluding ortho intramolecular Hbond substituents is 1. The van der Waals surface area contributed by atoms with Crippen LogP contribution in [0.2, 0.25) is 0 Å². The molecule has 2 aromatic carbocycles. The lowest BCUT2D eigenvalue weighted by molar-refractivity contribution is -0.384. The molecule has 0 heterocycles. The molecule has 0 aliphatic rings. The van der Waals surface area contributed by atoms with Gasteiger partial charge in [-0.25, -0.2) is 0 Å². The highest BCUT2D eigenvalue weighted by Gasteiger charge is 2.07. The predicted molar refractivity (Wildman–Crippen MR) is 85.7 cm³/mol. The molecular weight excluding hydrogens is 298 g/mol. The third-order valence-corrected chi connectivity index (χ3v) is 3.07. The standard InChI is InChI=1S/C17H15NO5/c1-2-23-17-11-12(4-10-16(17)20)3-9-15(19)13-5-7-14(8-6-13)18(21)22/h3-11,20H,2H2,1H3/b9-3+. The van der Waals surface area contributed by atoms with Crippen molar-refractivity contribution in [3.8, 4) is 11.5 Å². The van der Waals surface area contributed by atoms with Crippen molar-refractivity contribution in [2.75, 3.05) is 6.61 Å². The zero-order valence-corrected chi connectivity index (χ0v) is 12.4. The average molecular weight is 313 g/mol. The predicted octanol–water partition coefficient (Wildman–Crippen LogP) is 3.60. The van der Waals surface area contributed by atoms with Gasteiger partial charge >= 0.3 is 0 Å². The fraction of sp³-hybridized carbons (Fsp3) is 0.118. The number of non-ortho nitro benzene ring substituents is 1. The molecule has 0 radical (unpaired) electrons. The van der Waals surface area contributed by atoms with Crippen LogP contribution in [0.1, 0.15) is 22.8 Å². The molecule has 0 fully saturated rings. The van der Waals surface area contributed by atoms with Crippen molar-refractivity contribution in [3.05, 3.63) is 69.8 Å². The number of nitro benzene ring substituents is 1. The van der Waals surface area contributed by atoms with Crippen molar-refractivity contribution in [1.82, 2.24) is 0 Å². The molecule has 6 nitrogen and oxygen atoms in total. The summed E-state index contributed by atoms with van der Waals surface area (Å²) in [6.45, 7) is 2.22. The normalized spacial score (nSPS) is 10.7. The molecule has 0 bridgehead atoms. The topological polar surface area (TPSA) is 89.7 Å². The number of aromatic hydroxyl groups is 1. The van der Waals surface area contributed by atoms with Crippen molar-refractivity contribution in [2.24, 2.45) is 0 Å². The lowest BCUT2D eigenvalue weighted by atomic mass is 10.1. The van der Waals surface area contributed by atoms with E-state index in [9.17, 15) is 20.0 Å². The Labute approximate surface area is 132 Å². The number of nitro groups is 1. The van der Waals surface area contributed by atoms with Crippen molar-refractivity contribution < 1.29 is 19.6 Å². The molecule has 1 N–H and O–H groups in total. The molecule has 0 unspecified atom stereocenters. The summed E-state index contributed by atoms with van der Waals surface area (Å²) in [6.07, 6.45) is 2.95. The quantitative estimate of drug-likeness (QED) is 0.381. The van der Waals surface area contributed by atoms with Gasteiger partial charge in [0.05, 0.1) is 11.5 Å². The highest BCUT2D eigenvalue weighted by Crippen LogP contribution is 2.27. The first-order chi connectivity index (χ1) is 11.0. The maximum Gasteiger partial charge on any atom is 0.269 e. The number of hydrogen-bond donors (Lipinski definition) is 1. The van der Waals surface area contributed by atoms with E-state index in [1.165, 1.54) is 36.4 Å². The summed E-state index contributed by atoms with van der Waals surface area (Å²) in [5.74, 6) is 0.106. The van der Waals surface area contributed by atoms with Gasteiger partial charge in [-0.15, -0.1) is 0 Å². The Morgan fingerprint density at radius 2 is 1.96 bits per heavy atom. The molecule has 2 aromatic rings. The van der Waals surface area contributed by atoms with E-state index in [1.54, 1.807) is 25.1 Å². The molecule has 0 spiro atoms. The first kappa shape index (κ1) is 16.2. The van der Waals surface area contributed by atoms with E-state index in [4.69, 9.17) is 4.74 Å². The Kier molecular flexibility index (Phi) is 5.09. The number of carbonyl (C=O) groups excluding carboxylic acids is 1. The molecule has 2 rings (SSSR count). The number of benzene rings is 2. The van der Waals surface area contributed by atoms with E-state index < -0.39 is 4.92 Å². The molecule has 118 valence electrons. The zero-order valence-electron chi connectivity index (χ0n) is 12.4. The van der Waals surface area contributed by atoms with E-state index >= 15 is 0 Å². The van der Waals surface area contributed by atoms with Gasteiger partial charge in [0.1, 0.15) is 0 Å². The van der Waals surface area contributed by atoms with Crippen LogP contribution in [0.15, 0.2) is 48.5 Å². The summed E-state index contributed by atoms with van der Waals surface area (Å²) >= 11 is 0. The molecule has 0 amide bonds. The summed E-state index contributed by atoms with van der Waals surface area (Å²) in [6, 6.07) is 10.2. The second-order valence-electron chi connectivity index (χ2n) is 4.66. The first-order valence-electron chi connectivity index (χ1n) is 6.94. The third-order valence-electron chi connectivity index (χ3n) is 3.07. The van der Waals surface area contributed by atoms with Crippen LogP contribution in [0, 0.1) is 10.1 Å². The van der Waals surface area contributed by atoms with Gasteiger partial charge in [0, 0.05) is 17.7 Å². The van der Waals surface area contributed by atoms with E-state index in [-0.39, 0.29) is 17.2 Å². The zero-order chi connectivity index (χ0) is 16.8. The summed E-state index contributed by atoms with van der Waals surface area (Å²) in [7, 11) is 0. The largest absolute Gasteiger partial charge is 0.504 e. The van der Waals surface area contributed by atoms with Crippen LogP contribution in [0.3, 0.4) is 0 Å². The Morgan fingerprint density at radius 1 is 1.26 bits per heavy atom. The van der Waals surface area contributed by atoms with Crippen molar-refractivity contribution >= 4 is 17.5 Å². The van der Waals surface area contributed by atoms with Crippen LogP contribution < -0.4 is 4.74 Å². The number of nitrogens with zero attached hydrogens (tertiary/aromatic N) is 1. The van der Waals surface area contributed by atoms with Gasteiger partial charge in [0.15, 0.2) is 17.3 Å². The van der Waals surface area contributed by atoms with E-state index in [1.807, 2.05) is 0 Å². The van der Waals surface area contributed by atoms with Gasteiger partial charge in [-0.2, -0.15) is 0 Å². The van der Waals surface area contributed by atoms with Crippen LogP contribution in [0.25, 0.3) is 6.08 Å². The second kappa shape index (κ2) is 7.22. The van der Waals surface area contributed by atoms with Crippen LogP contribution in [0.5, 0.6) is 11.5 Å². The summed E-state index contributed by atoms with van der Waals surface area (Å²) in [4.78, 5) is 22.1. The monoisotopic (exact) mass is 313 g/mol. The van der Waals surface area contributed by atoms with Crippen molar-refractivity contribution in [2.45, 2.75) is 6.92 Å². The molecule has 6 heteroatoms. The van der Waals surface area contributed by atoms with E-state index in [0.29, 0.717) is 23.5 Å². The van der Waals surface area contributed by atoms with Crippen LogP contribution in [-0.4, -0.2) is 22.4 Å². The molecule has 0 aliphatic carbocycles. The molecule has 23 heavy (non-hydrogen) atoms. The number of ketones is 1. The number of rotatable bonds is 6. The molecule has 0 saturated heterocycles. The number of allylic oxidation sites excluding steroid dienone is 1. The van der Waals surface area contributed by atoms with Crippen molar-refractivity contribution in [3.63, 3.8) is 0 Å². The average Bonchev–Trinajstić information content (AvgIpc) is 2.55. The molecule has 0 aromatic heterocycles. The summed E-state index contributed by atoms with van der Waals surface area (Å²) in [5.41, 5.74) is 0.989. The maximum atomic E-state index is 12.0. The van der Waals surface area contributed by atoms with Crippen LogP contribution >= 0.6 is 0 Å². The highest BCUT2D eigenvalue weighted by molar-refractivity contribution is 6.06. The lowest BCUT2D eigenvalue weighted by Gasteiger charge is -2.06. The van der Waals surface area contributed by atoms with Gasteiger partial charge in [0.2, 0.25) is 0 Å². The van der Waals surface area contributed by atoms with Gasteiger partial charge in [-0.1, -0.05) is 12.1 Å². The second-order valence-corrected chi connectivity index (χ2v) is 4.66. The third kappa shape index (κ3) is 4.16. The minimum atomic E-state index is -0.518. The maximum absolute atomic E-state index is 12.0.